The van der Waals surface area contributed by atoms with Gasteiger partial charge < -0.3 is 15.3 Å². The summed E-state index contributed by atoms with van der Waals surface area (Å²) in [5.74, 6) is -0.655. The lowest BCUT2D eigenvalue weighted by atomic mass is 10.0. The third kappa shape index (κ3) is 44.6. The molecule has 0 fully saturated rings. The van der Waals surface area contributed by atoms with Gasteiger partial charge in [0.05, 0.1) is 0 Å². The summed E-state index contributed by atoms with van der Waals surface area (Å²) in [6, 6.07) is 0. The van der Waals surface area contributed by atoms with Crippen LogP contribution in [0.4, 0.5) is 0 Å². The number of carbonyl (C=O) groups is 1. The lowest BCUT2D eigenvalue weighted by Crippen LogP contribution is -1.93. The number of aliphatic hydroxyl groups is 2. The van der Waals surface area contributed by atoms with Gasteiger partial charge >= 0.3 is 5.97 Å². The fourth-order valence-corrected chi connectivity index (χ4v) is 5.17. The highest BCUT2D eigenvalue weighted by molar-refractivity contribution is 5.66. The zero-order chi connectivity index (χ0) is 28.9. The molecule has 0 amide bonds. The van der Waals surface area contributed by atoms with Crippen LogP contribution in [0, 0.1) is 0 Å². The Morgan fingerprint density at radius 3 is 0.769 bits per heavy atom. The highest BCUT2D eigenvalue weighted by Gasteiger charge is 1.97. The molecule has 0 radical (unpaired) electrons. The number of carboxylic acid groups (broad SMARTS) is 1. The quantitative estimate of drug-likeness (QED) is 0.0720. The maximum absolute atomic E-state index is 10.3. The molecular formula is C35H72O4. The Balaban J connectivity index is 0. The van der Waals surface area contributed by atoms with Crippen LogP contribution in [0.15, 0.2) is 0 Å². The van der Waals surface area contributed by atoms with Crippen molar-refractivity contribution in [3.8, 4) is 0 Å². The van der Waals surface area contributed by atoms with E-state index in [0.29, 0.717) is 19.6 Å². The lowest BCUT2D eigenvalue weighted by molar-refractivity contribution is -0.137. The average molecular weight is 557 g/mol. The Morgan fingerprint density at radius 2 is 0.564 bits per heavy atom. The number of hydrogen-bond acceptors (Lipinski definition) is 3. The molecule has 0 saturated carbocycles. The van der Waals surface area contributed by atoms with E-state index in [9.17, 15) is 4.79 Å². The molecule has 4 heteroatoms. The third-order valence-corrected chi connectivity index (χ3v) is 7.81. The lowest BCUT2D eigenvalue weighted by Gasteiger charge is -2.03. The topological polar surface area (TPSA) is 77.8 Å². The van der Waals surface area contributed by atoms with E-state index >= 15 is 0 Å². The van der Waals surface area contributed by atoms with Gasteiger partial charge in [-0.25, -0.2) is 0 Å². The van der Waals surface area contributed by atoms with E-state index < -0.39 is 5.97 Å². The van der Waals surface area contributed by atoms with Crippen LogP contribution < -0.4 is 0 Å². The van der Waals surface area contributed by atoms with E-state index in [4.69, 9.17) is 15.3 Å². The molecule has 0 aliphatic heterocycles. The van der Waals surface area contributed by atoms with Crippen molar-refractivity contribution in [2.45, 2.75) is 206 Å². The SMILES string of the molecule is CCCCCCCCCCCCCCCC(=O)O.OCCCCCCCCCCCCCCCCCCCO. The number of aliphatic carboxylic acids is 1. The fraction of sp³-hybridized carbons (Fsp3) is 0.971. The van der Waals surface area contributed by atoms with Gasteiger partial charge in [0.15, 0.2) is 0 Å². The van der Waals surface area contributed by atoms with E-state index in [0.717, 1.165) is 25.7 Å². The normalized spacial score (nSPS) is 10.9. The molecule has 0 aliphatic carbocycles. The van der Waals surface area contributed by atoms with Gasteiger partial charge in [0.2, 0.25) is 0 Å². The number of rotatable bonds is 32. The molecule has 0 aromatic rings. The first-order valence-electron chi connectivity index (χ1n) is 17.6. The first kappa shape index (κ1) is 40.5. The van der Waals surface area contributed by atoms with Crippen molar-refractivity contribution in [2.75, 3.05) is 13.2 Å². The van der Waals surface area contributed by atoms with E-state index in [1.54, 1.807) is 0 Å². The summed E-state index contributed by atoms with van der Waals surface area (Å²) >= 11 is 0. The van der Waals surface area contributed by atoms with Gasteiger partial charge in [-0.3, -0.25) is 4.79 Å². The van der Waals surface area contributed by atoms with Crippen molar-refractivity contribution in [3.63, 3.8) is 0 Å². The largest absolute Gasteiger partial charge is 0.481 e. The molecule has 0 aromatic heterocycles. The monoisotopic (exact) mass is 557 g/mol. The highest BCUT2D eigenvalue weighted by atomic mass is 16.4. The van der Waals surface area contributed by atoms with Crippen LogP contribution in [-0.4, -0.2) is 34.5 Å². The van der Waals surface area contributed by atoms with Crippen LogP contribution in [0.1, 0.15) is 206 Å². The zero-order valence-electron chi connectivity index (χ0n) is 26.6. The number of carboxylic acids is 1. The summed E-state index contributed by atoms with van der Waals surface area (Å²) < 4.78 is 0. The summed E-state index contributed by atoms with van der Waals surface area (Å²) in [5, 5.41) is 25.9. The minimum atomic E-state index is -0.655. The molecule has 0 atom stereocenters. The molecule has 0 heterocycles. The maximum Gasteiger partial charge on any atom is 0.303 e. The van der Waals surface area contributed by atoms with Gasteiger partial charge in [-0.1, -0.05) is 180 Å². The van der Waals surface area contributed by atoms with Crippen LogP contribution in [0.3, 0.4) is 0 Å². The van der Waals surface area contributed by atoms with Crippen LogP contribution in [-0.2, 0) is 4.79 Å². The molecule has 3 N–H and O–H groups in total. The number of unbranched alkanes of at least 4 members (excludes halogenated alkanes) is 28. The predicted molar refractivity (Wildman–Crippen MR) is 171 cm³/mol. The van der Waals surface area contributed by atoms with Gasteiger partial charge in [0, 0.05) is 19.6 Å². The van der Waals surface area contributed by atoms with Gasteiger partial charge in [0.25, 0.3) is 0 Å². The standard InChI is InChI=1S/C19H40O2.C16H32O2/c20-18-16-14-12-10-8-6-4-2-1-3-5-7-9-11-13-15-17-19-21;1-2-3-4-5-6-7-8-9-10-11-12-13-14-15-16(17)18/h20-21H,1-19H2;2-15H2,1H3,(H,17,18). The second kappa shape index (κ2) is 39.5. The van der Waals surface area contributed by atoms with Crippen LogP contribution in [0.5, 0.6) is 0 Å². The molecule has 0 aromatic carbocycles. The first-order chi connectivity index (χ1) is 19.2. The van der Waals surface area contributed by atoms with E-state index in [-0.39, 0.29) is 0 Å². The molecule has 0 saturated heterocycles. The number of hydrogen-bond donors (Lipinski definition) is 3. The molecule has 0 unspecified atom stereocenters. The van der Waals surface area contributed by atoms with Crippen LogP contribution in [0.2, 0.25) is 0 Å². The Labute approximate surface area is 245 Å². The summed E-state index contributed by atoms with van der Waals surface area (Å²) in [6.45, 7) is 2.99. The molecule has 0 spiro atoms. The molecular weight excluding hydrogens is 484 g/mol. The summed E-state index contributed by atoms with van der Waals surface area (Å²) in [6.07, 6.45) is 39.7. The minimum absolute atomic E-state index is 0.345. The molecule has 39 heavy (non-hydrogen) atoms. The predicted octanol–water partition coefficient (Wildman–Crippen LogP) is 11.2. The van der Waals surface area contributed by atoms with Crippen LogP contribution >= 0.6 is 0 Å². The Kier molecular flexibility index (Phi) is 41.1. The molecule has 0 rings (SSSR count). The van der Waals surface area contributed by atoms with E-state index in [1.165, 1.54) is 167 Å². The van der Waals surface area contributed by atoms with Gasteiger partial charge in [0.1, 0.15) is 0 Å². The summed E-state index contributed by atoms with van der Waals surface area (Å²) in [4.78, 5) is 10.3. The van der Waals surface area contributed by atoms with Crippen LogP contribution in [0.25, 0.3) is 0 Å². The smallest absolute Gasteiger partial charge is 0.303 e. The van der Waals surface area contributed by atoms with Crippen molar-refractivity contribution >= 4 is 5.97 Å². The first-order valence-corrected chi connectivity index (χ1v) is 17.6. The van der Waals surface area contributed by atoms with Crippen molar-refractivity contribution in [2.24, 2.45) is 0 Å². The van der Waals surface area contributed by atoms with Gasteiger partial charge in [-0.2, -0.15) is 0 Å². The second-order valence-electron chi connectivity index (χ2n) is 11.8. The second-order valence-corrected chi connectivity index (χ2v) is 11.8. The third-order valence-electron chi connectivity index (χ3n) is 7.81. The molecule has 4 nitrogen and oxygen atoms in total. The van der Waals surface area contributed by atoms with Crippen molar-refractivity contribution < 1.29 is 20.1 Å². The fourth-order valence-electron chi connectivity index (χ4n) is 5.17. The molecule has 0 bridgehead atoms. The maximum atomic E-state index is 10.3. The summed E-state index contributed by atoms with van der Waals surface area (Å²) in [7, 11) is 0. The Hall–Kier alpha value is -0.610. The molecule has 236 valence electrons. The Bertz CT molecular complexity index is 409. The van der Waals surface area contributed by atoms with E-state index in [2.05, 4.69) is 6.92 Å². The van der Waals surface area contributed by atoms with Gasteiger partial charge in [-0.05, 0) is 19.3 Å². The van der Waals surface area contributed by atoms with E-state index in [1.807, 2.05) is 0 Å². The summed E-state index contributed by atoms with van der Waals surface area (Å²) in [5.41, 5.74) is 0. The molecule has 0 aliphatic rings. The van der Waals surface area contributed by atoms with Crippen molar-refractivity contribution in [1.29, 1.82) is 0 Å². The zero-order valence-corrected chi connectivity index (χ0v) is 26.6. The average Bonchev–Trinajstić information content (AvgIpc) is 2.93. The minimum Gasteiger partial charge on any atom is -0.481 e. The number of aliphatic hydroxyl groups excluding tert-OH is 2. The Morgan fingerprint density at radius 1 is 0.359 bits per heavy atom. The van der Waals surface area contributed by atoms with Crippen molar-refractivity contribution in [3.05, 3.63) is 0 Å². The van der Waals surface area contributed by atoms with Gasteiger partial charge in [-0.15, -0.1) is 0 Å². The van der Waals surface area contributed by atoms with Crippen molar-refractivity contribution in [1.82, 2.24) is 0 Å². The highest BCUT2D eigenvalue weighted by Crippen LogP contribution is 2.14.